The highest BCUT2D eigenvalue weighted by Crippen LogP contribution is 2.17. The lowest BCUT2D eigenvalue weighted by Gasteiger charge is -2.17. The first-order chi connectivity index (χ1) is 11.9. The van der Waals surface area contributed by atoms with Gasteiger partial charge in [-0.15, -0.1) is 0 Å². The Morgan fingerprint density at radius 3 is 1.52 bits per heavy atom. The fraction of sp³-hybridized carbons (Fsp3) is 0.478. The van der Waals surface area contributed by atoms with Gasteiger partial charge in [0.15, 0.2) is 0 Å². The molecule has 0 amide bonds. The van der Waals surface area contributed by atoms with Crippen molar-refractivity contribution >= 4 is 10.8 Å². The molecule has 0 aliphatic heterocycles. The van der Waals surface area contributed by atoms with Gasteiger partial charge in [-0.2, -0.15) is 0 Å². The van der Waals surface area contributed by atoms with Crippen molar-refractivity contribution in [1.82, 2.24) is 0 Å². The molecule has 1 nitrogen and oxygen atoms in total. The summed E-state index contributed by atoms with van der Waals surface area (Å²) < 4.78 is 12.1. The minimum absolute atomic E-state index is 0.151. The maximum atomic E-state index is 12.2. The molecule has 1 atom stereocenters. The highest BCUT2D eigenvalue weighted by atomic mass is 32.2. The topological polar surface area (TPSA) is 17.1 Å². The van der Waals surface area contributed by atoms with Crippen LogP contribution in [-0.4, -0.2) is 8.96 Å². The minimum atomic E-state index is -0.833. The molecule has 0 saturated heterocycles. The molecule has 136 valence electrons. The molecule has 0 aromatic heterocycles. The standard InChI is InChI=1S/C23H32OS/c1-5-6-7-19-8-10-20(11-9-19)12-13-21-14-16-22(17-15-21)18-25(24)23(2,3)4/h8-11,14-17H,5-7,12-13,18H2,1-4H3. The molecule has 0 radical (unpaired) electrons. The molecule has 0 spiro atoms. The van der Waals surface area contributed by atoms with Crippen molar-refractivity contribution in [1.29, 1.82) is 0 Å². The van der Waals surface area contributed by atoms with Crippen LogP contribution in [0.4, 0.5) is 0 Å². The summed E-state index contributed by atoms with van der Waals surface area (Å²) in [5.74, 6) is 0.642. The third-order valence-corrected chi connectivity index (χ3v) is 6.51. The van der Waals surface area contributed by atoms with E-state index in [1.54, 1.807) is 0 Å². The predicted octanol–water partition coefficient (Wildman–Crippen LogP) is 5.86. The molecule has 0 N–H and O–H groups in total. The molecule has 2 aromatic carbocycles. The lowest BCUT2D eigenvalue weighted by Crippen LogP contribution is -2.22. The Labute approximate surface area is 156 Å². The van der Waals surface area contributed by atoms with Gasteiger partial charge in [-0.1, -0.05) is 61.9 Å². The zero-order valence-electron chi connectivity index (χ0n) is 16.2. The monoisotopic (exact) mass is 356 g/mol. The SMILES string of the molecule is CCCCc1ccc(CCc2ccc(CS(=O)C(C)(C)C)cc2)cc1. The maximum absolute atomic E-state index is 12.2. The molecule has 0 heterocycles. The fourth-order valence-electron chi connectivity index (χ4n) is 2.71. The van der Waals surface area contributed by atoms with Gasteiger partial charge < -0.3 is 0 Å². The highest BCUT2D eigenvalue weighted by molar-refractivity contribution is 7.85. The van der Waals surface area contributed by atoms with Crippen molar-refractivity contribution < 1.29 is 4.21 Å². The van der Waals surface area contributed by atoms with Gasteiger partial charge in [0, 0.05) is 21.3 Å². The predicted molar refractivity (Wildman–Crippen MR) is 111 cm³/mol. The van der Waals surface area contributed by atoms with Crippen molar-refractivity contribution in [2.24, 2.45) is 0 Å². The normalized spacial score (nSPS) is 13.0. The van der Waals surface area contributed by atoms with Crippen LogP contribution < -0.4 is 0 Å². The van der Waals surface area contributed by atoms with Crippen LogP contribution in [0.15, 0.2) is 48.5 Å². The van der Waals surface area contributed by atoms with Gasteiger partial charge in [0.2, 0.25) is 0 Å². The van der Waals surface area contributed by atoms with E-state index in [2.05, 4.69) is 55.5 Å². The summed E-state index contributed by atoms with van der Waals surface area (Å²) in [6, 6.07) is 17.7. The third-order valence-electron chi connectivity index (χ3n) is 4.55. The van der Waals surface area contributed by atoms with Crippen LogP contribution in [0.3, 0.4) is 0 Å². The molecule has 25 heavy (non-hydrogen) atoms. The molecule has 2 heteroatoms. The van der Waals surface area contributed by atoms with E-state index in [-0.39, 0.29) is 4.75 Å². The number of hydrogen-bond acceptors (Lipinski definition) is 1. The van der Waals surface area contributed by atoms with Crippen LogP contribution in [0, 0.1) is 0 Å². The second-order valence-electron chi connectivity index (χ2n) is 7.84. The molecule has 2 aromatic rings. The molecule has 0 fully saturated rings. The van der Waals surface area contributed by atoms with Crippen molar-refractivity contribution in [2.45, 2.75) is 70.3 Å². The van der Waals surface area contributed by atoms with Crippen molar-refractivity contribution in [3.63, 3.8) is 0 Å². The van der Waals surface area contributed by atoms with Gasteiger partial charge in [0.05, 0.1) is 0 Å². The summed E-state index contributed by atoms with van der Waals surface area (Å²) >= 11 is 0. The van der Waals surface area contributed by atoms with Gasteiger partial charge in [0.1, 0.15) is 0 Å². The zero-order valence-corrected chi connectivity index (χ0v) is 17.0. The lowest BCUT2D eigenvalue weighted by atomic mass is 10.0. The second-order valence-corrected chi connectivity index (χ2v) is 10.0. The van der Waals surface area contributed by atoms with Gasteiger partial charge in [0.25, 0.3) is 0 Å². The zero-order chi connectivity index (χ0) is 18.3. The largest absolute Gasteiger partial charge is 0.259 e. The van der Waals surface area contributed by atoms with Gasteiger partial charge >= 0.3 is 0 Å². The van der Waals surface area contributed by atoms with E-state index in [1.807, 2.05) is 20.8 Å². The van der Waals surface area contributed by atoms with E-state index >= 15 is 0 Å². The van der Waals surface area contributed by atoms with Crippen LogP contribution in [-0.2, 0) is 35.8 Å². The summed E-state index contributed by atoms with van der Waals surface area (Å²) in [6.07, 6.45) is 5.83. The van der Waals surface area contributed by atoms with Crippen molar-refractivity contribution in [3.8, 4) is 0 Å². The summed E-state index contributed by atoms with van der Waals surface area (Å²) in [6.45, 7) is 8.33. The first-order valence-electron chi connectivity index (χ1n) is 9.42. The fourth-order valence-corrected chi connectivity index (χ4v) is 3.64. The van der Waals surface area contributed by atoms with Gasteiger partial charge in [-0.3, -0.25) is 4.21 Å². The van der Waals surface area contributed by atoms with E-state index in [1.165, 1.54) is 36.0 Å². The van der Waals surface area contributed by atoms with Crippen molar-refractivity contribution in [3.05, 3.63) is 70.8 Å². The smallest absolute Gasteiger partial charge is 0.0490 e. The van der Waals surface area contributed by atoms with Crippen LogP contribution >= 0.6 is 0 Å². The van der Waals surface area contributed by atoms with Gasteiger partial charge in [-0.25, -0.2) is 0 Å². The molecule has 0 aliphatic rings. The summed E-state index contributed by atoms with van der Waals surface area (Å²) in [4.78, 5) is 0. The highest BCUT2D eigenvalue weighted by Gasteiger charge is 2.19. The Hall–Kier alpha value is -1.41. The van der Waals surface area contributed by atoms with Crippen molar-refractivity contribution in [2.75, 3.05) is 0 Å². The second kappa shape index (κ2) is 9.33. The van der Waals surface area contributed by atoms with Crippen LogP contribution in [0.25, 0.3) is 0 Å². The summed E-state index contributed by atoms with van der Waals surface area (Å²) in [5, 5.41) is 0. The molecular formula is C23H32OS. The van der Waals surface area contributed by atoms with E-state index in [9.17, 15) is 4.21 Å². The Bertz CT molecular complexity index is 663. The average Bonchev–Trinajstić information content (AvgIpc) is 2.59. The number of aryl methyl sites for hydroxylation is 3. The number of benzene rings is 2. The van der Waals surface area contributed by atoms with E-state index < -0.39 is 10.8 Å². The summed E-state index contributed by atoms with van der Waals surface area (Å²) in [5.41, 5.74) is 5.36. The molecular weight excluding hydrogens is 324 g/mol. The van der Waals surface area contributed by atoms with E-state index in [0.29, 0.717) is 5.75 Å². The Morgan fingerprint density at radius 2 is 1.12 bits per heavy atom. The number of unbranched alkanes of at least 4 members (excludes halogenated alkanes) is 1. The number of hydrogen-bond donors (Lipinski definition) is 0. The Kier molecular flexibility index (Phi) is 7.43. The van der Waals surface area contributed by atoms with E-state index in [0.717, 1.165) is 18.4 Å². The first kappa shape index (κ1) is 19.9. The molecule has 0 aliphatic carbocycles. The summed E-state index contributed by atoms with van der Waals surface area (Å²) in [7, 11) is -0.833. The number of rotatable bonds is 8. The molecule has 0 bridgehead atoms. The van der Waals surface area contributed by atoms with Crippen LogP contribution in [0.5, 0.6) is 0 Å². The quantitative estimate of drug-likeness (QED) is 0.579. The molecule has 2 rings (SSSR count). The van der Waals surface area contributed by atoms with E-state index in [4.69, 9.17) is 0 Å². The Balaban J connectivity index is 1.86. The minimum Gasteiger partial charge on any atom is -0.259 e. The molecule has 1 unspecified atom stereocenters. The third kappa shape index (κ3) is 6.78. The van der Waals surface area contributed by atoms with Crippen LogP contribution in [0.1, 0.15) is 62.8 Å². The Morgan fingerprint density at radius 1 is 0.720 bits per heavy atom. The average molecular weight is 357 g/mol. The maximum Gasteiger partial charge on any atom is 0.0490 e. The first-order valence-corrected chi connectivity index (χ1v) is 10.7. The van der Waals surface area contributed by atoms with Gasteiger partial charge in [-0.05, 0) is 68.7 Å². The molecule has 0 saturated carbocycles. The lowest BCUT2D eigenvalue weighted by molar-refractivity contribution is 0.648. The van der Waals surface area contributed by atoms with Crippen LogP contribution in [0.2, 0.25) is 0 Å².